The minimum absolute atomic E-state index is 0.0350. The molecule has 0 aromatic carbocycles. The number of nitrogens with zero attached hydrogens (tertiary/aromatic N) is 2. The standard InChI is InChI=1S/C22H31N3O8/c1-21(2,23-15(26)6-5-13-24-16(27)7-8-17(24)28)14-32-22(3,4)12-11-20(31)33-25-18(29)9-10-19(25)30/h7-8H,5-6,9-14H2,1-4H3,(H,23,26). The summed E-state index contributed by atoms with van der Waals surface area (Å²) in [6.45, 7) is 7.48. The summed E-state index contributed by atoms with van der Waals surface area (Å²) in [4.78, 5) is 76.3. The molecule has 33 heavy (non-hydrogen) atoms. The van der Waals surface area contributed by atoms with E-state index >= 15 is 0 Å². The van der Waals surface area contributed by atoms with Crippen LogP contribution in [0.1, 0.15) is 66.2 Å². The zero-order chi connectivity index (χ0) is 24.8. The van der Waals surface area contributed by atoms with Gasteiger partial charge in [-0.05, 0) is 40.5 Å². The Kier molecular flexibility index (Phi) is 8.48. The highest BCUT2D eigenvalue weighted by Gasteiger charge is 2.33. The zero-order valence-corrected chi connectivity index (χ0v) is 19.5. The van der Waals surface area contributed by atoms with E-state index in [1.165, 1.54) is 12.2 Å². The molecular formula is C22H31N3O8. The van der Waals surface area contributed by atoms with Gasteiger partial charge in [0.2, 0.25) is 5.91 Å². The normalized spacial score (nSPS) is 16.7. The van der Waals surface area contributed by atoms with Crippen molar-refractivity contribution in [1.29, 1.82) is 0 Å². The highest BCUT2D eigenvalue weighted by Crippen LogP contribution is 2.21. The zero-order valence-electron chi connectivity index (χ0n) is 19.5. The van der Waals surface area contributed by atoms with E-state index in [-0.39, 0.29) is 63.0 Å². The predicted molar refractivity (Wildman–Crippen MR) is 114 cm³/mol. The van der Waals surface area contributed by atoms with E-state index in [0.717, 1.165) is 4.90 Å². The van der Waals surface area contributed by atoms with Crippen LogP contribution < -0.4 is 5.32 Å². The molecule has 0 bridgehead atoms. The molecule has 5 amide bonds. The molecule has 0 aromatic heterocycles. The summed E-state index contributed by atoms with van der Waals surface area (Å²) >= 11 is 0. The fourth-order valence-corrected chi connectivity index (χ4v) is 3.18. The lowest BCUT2D eigenvalue weighted by molar-refractivity contribution is -0.198. The van der Waals surface area contributed by atoms with Crippen molar-refractivity contribution in [3.8, 4) is 0 Å². The van der Waals surface area contributed by atoms with Gasteiger partial charge in [-0.1, -0.05) is 0 Å². The average Bonchev–Trinajstić information content (AvgIpc) is 3.21. The van der Waals surface area contributed by atoms with Crippen molar-refractivity contribution in [2.75, 3.05) is 13.2 Å². The van der Waals surface area contributed by atoms with Crippen LogP contribution in [0.2, 0.25) is 0 Å². The number of imide groups is 2. The minimum Gasteiger partial charge on any atom is -0.373 e. The van der Waals surface area contributed by atoms with Crippen LogP contribution in [0.15, 0.2) is 12.2 Å². The molecule has 11 heteroatoms. The maximum Gasteiger partial charge on any atom is 0.333 e. The van der Waals surface area contributed by atoms with Crippen LogP contribution in [0.4, 0.5) is 0 Å². The number of carbonyl (C=O) groups excluding carboxylic acids is 6. The fourth-order valence-electron chi connectivity index (χ4n) is 3.18. The second-order valence-corrected chi connectivity index (χ2v) is 9.29. The molecule has 0 unspecified atom stereocenters. The summed E-state index contributed by atoms with van der Waals surface area (Å²) in [5.74, 6) is -2.75. The van der Waals surface area contributed by atoms with Gasteiger partial charge in [-0.3, -0.25) is 28.9 Å². The Morgan fingerprint density at radius 2 is 1.55 bits per heavy atom. The van der Waals surface area contributed by atoms with Gasteiger partial charge in [-0.25, -0.2) is 4.79 Å². The highest BCUT2D eigenvalue weighted by atomic mass is 16.7. The van der Waals surface area contributed by atoms with Crippen LogP contribution >= 0.6 is 0 Å². The van der Waals surface area contributed by atoms with Gasteiger partial charge < -0.3 is 14.9 Å². The number of amides is 5. The maximum atomic E-state index is 12.3. The summed E-state index contributed by atoms with van der Waals surface area (Å²) < 4.78 is 5.90. The lowest BCUT2D eigenvalue weighted by Gasteiger charge is -2.32. The Balaban J connectivity index is 1.69. The maximum absolute atomic E-state index is 12.3. The van der Waals surface area contributed by atoms with Gasteiger partial charge in [0.15, 0.2) is 0 Å². The Labute approximate surface area is 192 Å². The number of hydroxylamine groups is 2. The summed E-state index contributed by atoms with van der Waals surface area (Å²) in [6.07, 6.45) is 3.19. The molecule has 0 saturated carbocycles. The molecule has 0 atom stereocenters. The van der Waals surface area contributed by atoms with E-state index in [2.05, 4.69) is 5.32 Å². The Morgan fingerprint density at radius 1 is 0.970 bits per heavy atom. The number of ether oxygens (including phenoxy) is 1. The molecule has 2 aliphatic heterocycles. The van der Waals surface area contributed by atoms with Crippen molar-refractivity contribution < 1.29 is 38.3 Å². The second kappa shape index (κ2) is 10.7. The van der Waals surface area contributed by atoms with Crippen LogP contribution in [0.3, 0.4) is 0 Å². The summed E-state index contributed by atoms with van der Waals surface area (Å²) in [6, 6.07) is 0. The molecule has 2 rings (SSSR count). The van der Waals surface area contributed by atoms with Crippen molar-refractivity contribution in [2.24, 2.45) is 0 Å². The smallest absolute Gasteiger partial charge is 0.333 e. The summed E-state index contributed by atoms with van der Waals surface area (Å²) in [7, 11) is 0. The molecular weight excluding hydrogens is 434 g/mol. The first-order valence-corrected chi connectivity index (χ1v) is 10.8. The molecule has 1 saturated heterocycles. The van der Waals surface area contributed by atoms with Gasteiger partial charge in [0.05, 0.1) is 24.2 Å². The second-order valence-electron chi connectivity index (χ2n) is 9.29. The number of rotatable bonds is 12. The molecule has 0 aliphatic carbocycles. The molecule has 0 radical (unpaired) electrons. The van der Waals surface area contributed by atoms with E-state index in [0.29, 0.717) is 11.5 Å². The Hall–Kier alpha value is -3.08. The van der Waals surface area contributed by atoms with Crippen molar-refractivity contribution >= 4 is 35.5 Å². The van der Waals surface area contributed by atoms with Crippen LogP contribution in [-0.4, -0.2) is 69.8 Å². The third-order valence-electron chi connectivity index (χ3n) is 5.12. The molecule has 2 heterocycles. The molecule has 0 aromatic rings. The van der Waals surface area contributed by atoms with Gasteiger partial charge >= 0.3 is 5.97 Å². The van der Waals surface area contributed by atoms with Crippen LogP contribution in [-0.2, 0) is 38.3 Å². The molecule has 1 N–H and O–H groups in total. The van der Waals surface area contributed by atoms with Crippen LogP contribution in [0.25, 0.3) is 0 Å². The first-order chi connectivity index (χ1) is 15.3. The molecule has 0 spiro atoms. The highest BCUT2D eigenvalue weighted by molar-refractivity contribution is 6.12. The van der Waals surface area contributed by atoms with E-state index in [9.17, 15) is 28.8 Å². The lowest BCUT2D eigenvalue weighted by Crippen LogP contribution is -2.49. The SMILES string of the molecule is CC(C)(COC(C)(C)CCC(=O)ON1C(=O)CCC1=O)NC(=O)CCCN1C(=O)C=CC1=O. The van der Waals surface area contributed by atoms with Gasteiger partial charge in [0.25, 0.3) is 23.6 Å². The summed E-state index contributed by atoms with van der Waals surface area (Å²) in [5.41, 5.74) is -1.44. The molecule has 11 nitrogen and oxygen atoms in total. The van der Waals surface area contributed by atoms with Crippen LogP contribution in [0, 0.1) is 0 Å². The van der Waals surface area contributed by atoms with Gasteiger partial charge in [0.1, 0.15) is 0 Å². The molecule has 1 fully saturated rings. The minimum atomic E-state index is -0.733. The van der Waals surface area contributed by atoms with Crippen molar-refractivity contribution in [3.63, 3.8) is 0 Å². The van der Waals surface area contributed by atoms with E-state index in [1.807, 2.05) is 0 Å². The largest absolute Gasteiger partial charge is 0.373 e. The Morgan fingerprint density at radius 3 is 2.12 bits per heavy atom. The number of carbonyl (C=O) groups is 6. The monoisotopic (exact) mass is 465 g/mol. The first-order valence-electron chi connectivity index (χ1n) is 10.8. The van der Waals surface area contributed by atoms with E-state index < -0.39 is 28.9 Å². The van der Waals surface area contributed by atoms with Crippen molar-refractivity contribution in [1.82, 2.24) is 15.3 Å². The van der Waals surface area contributed by atoms with Gasteiger partial charge in [-0.15, -0.1) is 5.06 Å². The molecule has 182 valence electrons. The third-order valence-corrected chi connectivity index (χ3v) is 5.12. The number of hydrogen-bond acceptors (Lipinski definition) is 8. The van der Waals surface area contributed by atoms with Crippen molar-refractivity contribution in [3.05, 3.63) is 12.2 Å². The number of hydrogen-bond donors (Lipinski definition) is 1. The average molecular weight is 466 g/mol. The Bertz CT molecular complexity index is 828. The predicted octanol–water partition coefficient (Wildman–Crippen LogP) is 0.769. The van der Waals surface area contributed by atoms with Crippen LogP contribution in [0.5, 0.6) is 0 Å². The summed E-state index contributed by atoms with van der Waals surface area (Å²) in [5, 5.41) is 3.37. The molecule has 2 aliphatic rings. The topological polar surface area (TPSA) is 139 Å². The van der Waals surface area contributed by atoms with Crippen molar-refractivity contribution in [2.45, 2.75) is 77.4 Å². The van der Waals surface area contributed by atoms with Gasteiger partial charge in [-0.2, -0.15) is 0 Å². The van der Waals surface area contributed by atoms with E-state index in [1.54, 1.807) is 27.7 Å². The lowest BCUT2D eigenvalue weighted by atomic mass is 10.0. The van der Waals surface area contributed by atoms with Gasteiger partial charge in [0, 0.05) is 38.0 Å². The van der Waals surface area contributed by atoms with E-state index in [4.69, 9.17) is 9.57 Å². The third kappa shape index (κ3) is 8.08. The quantitative estimate of drug-likeness (QED) is 0.417. The fraction of sp³-hybridized carbons (Fsp3) is 0.636. The first kappa shape index (κ1) is 26.2. The number of nitrogens with one attached hydrogen (secondary N) is 1.